The van der Waals surface area contributed by atoms with E-state index in [1.165, 1.54) is 11.3 Å². The summed E-state index contributed by atoms with van der Waals surface area (Å²) in [6.45, 7) is 6.77. The number of aromatic nitrogens is 2. The fraction of sp³-hybridized carbons (Fsp3) is 0.545. The van der Waals surface area contributed by atoms with Gasteiger partial charge in [-0.25, -0.2) is 0 Å². The van der Waals surface area contributed by atoms with Crippen molar-refractivity contribution in [2.24, 2.45) is 0 Å². The van der Waals surface area contributed by atoms with Crippen LogP contribution in [-0.2, 0) is 11.2 Å². The number of aryl methyl sites for hydroxylation is 1. The molecule has 1 aromatic heterocycles. The molecule has 0 aliphatic heterocycles. The van der Waals surface area contributed by atoms with Gasteiger partial charge in [0.25, 0.3) is 5.91 Å². The third-order valence-electron chi connectivity index (χ3n) is 2.02. The van der Waals surface area contributed by atoms with Gasteiger partial charge in [-0.15, -0.1) is 16.8 Å². The van der Waals surface area contributed by atoms with Crippen LogP contribution in [0.2, 0.25) is 0 Å². The van der Waals surface area contributed by atoms with Crippen molar-refractivity contribution < 1.29 is 9.53 Å². The minimum absolute atomic E-state index is 0.193. The average molecular weight is 255 g/mol. The highest BCUT2D eigenvalue weighted by Gasteiger charge is 2.11. The number of methoxy groups -OCH3 is 1. The minimum Gasteiger partial charge on any atom is -0.383 e. The molecule has 0 fully saturated rings. The summed E-state index contributed by atoms with van der Waals surface area (Å²) in [6.07, 6.45) is 1.66. The van der Waals surface area contributed by atoms with Gasteiger partial charge in [0.05, 0.1) is 6.61 Å². The van der Waals surface area contributed by atoms with Crippen LogP contribution in [0.3, 0.4) is 0 Å². The first kappa shape index (κ1) is 13.8. The molecule has 0 bridgehead atoms. The van der Waals surface area contributed by atoms with E-state index >= 15 is 0 Å². The Balaban J connectivity index is 2.43. The zero-order valence-electron chi connectivity index (χ0n) is 10.2. The molecule has 1 rings (SSSR count). The van der Waals surface area contributed by atoms with E-state index in [0.717, 1.165) is 23.4 Å². The molecule has 1 amide bonds. The molecule has 0 saturated heterocycles. The van der Waals surface area contributed by atoms with Crippen LogP contribution in [0.15, 0.2) is 12.2 Å². The van der Waals surface area contributed by atoms with E-state index in [9.17, 15) is 4.79 Å². The molecule has 0 spiro atoms. The van der Waals surface area contributed by atoms with Crippen molar-refractivity contribution in [2.45, 2.75) is 19.8 Å². The Bertz CT molecular complexity index is 390. The second-order valence-electron chi connectivity index (χ2n) is 3.71. The van der Waals surface area contributed by atoms with Crippen LogP contribution in [0.4, 0.5) is 0 Å². The van der Waals surface area contributed by atoms with Crippen molar-refractivity contribution in [3.63, 3.8) is 0 Å². The van der Waals surface area contributed by atoms with E-state index < -0.39 is 0 Å². The maximum Gasteiger partial charge on any atom is 0.282 e. The van der Waals surface area contributed by atoms with Crippen molar-refractivity contribution >= 4 is 17.2 Å². The number of nitrogens with one attached hydrogen (secondary N) is 1. The monoisotopic (exact) mass is 255 g/mol. The standard InChI is InChI=1S/C11H17N3O2S/c1-8(2)4-5-9-13-14-11(17-9)10(15)12-6-7-16-3/h1,4-7H2,2-3H3,(H,12,15). The van der Waals surface area contributed by atoms with Gasteiger partial charge in [0, 0.05) is 20.1 Å². The zero-order chi connectivity index (χ0) is 12.7. The highest BCUT2D eigenvalue weighted by atomic mass is 32.1. The summed E-state index contributed by atoms with van der Waals surface area (Å²) in [4.78, 5) is 11.6. The van der Waals surface area contributed by atoms with Gasteiger partial charge < -0.3 is 10.1 Å². The number of carbonyl (C=O) groups is 1. The highest BCUT2D eigenvalue weighted by Crippen LogP contribution is 2.13. The van der Waals surface area contributed by atoms with Crippen molar-refractivity contribution in [3.05, 3.63) is 22.2 Å². The second-order valence-corrected chi connectivity index (χ2v) is 4.77. The van der Waals surface area contributed by atoms with E-state index in [-0.39, 0.29) is 5.91 Å². The molecule has 5 nitrogen and oxygen atoms in total. The van der Waals surface area contributed by atoms with Crippen molar-refractivity contribution in [3.8, 4) is 0 Å². The fourth-order valence-corrected chi connectivity index (χ4v) is 1.86. The minimum atomic E-state index is -0.193. The van der Waals surface area contributed by atoms with E-state index in [2.05, 4.69) is 22.1 Å². The molecule has 0 radical (unpaired) electrons. The van der Waals surface area contributed by atoms with E-state index in [4.69, 9.17) is 4.74 Å². The molecule has 0 aromatic carbocycles. The van der Waals surface area contributed by atoms with Gasteiger partial charge in [-0.3, -0.25) is 4.79 Å². The normalized spacial score (nSPS) is 10.2. The number of hydrogen-bond donors (Lipinski definition) is 1. The Morgan fingerprint density at radius 1 is 1.53 bits per heavy atom. The Morgan fingerprint density at radius 2 is 2.29 bits per heavy atom. The predicted octanol–water partition coefficient (Wildman–Crippen LogP) is 1.42. The van der Waals surface area contributed by atoms with Gasteiger partial charge in [0.1, 0.15) is 5.01 Å². The molecule has 1 N–H and O–H groups in total. The first-order valence-electron chi connectivity index (χ1n) is 5.37. The van der Waals surface area contributed by atoms with Crippen LogP contribution < -0.4 is 5.32 Å². The fourth-order valence-electron chi connectivity index (χ4n) is 1.11. The lowest BCUT2D eigenvalue weighted by molar-refractivity contribution is 0.0936. The van der Waals surface area contributed by atoms with Gasteiger partial charge >= 0.3 is 0 Å². The Morgan fingerprint density at radius 3 is 2.94 bits per heavy atom. The molecular weight excluding hydrogens is 238 g/mol. The van der Waals surface area contributed by atoms with Crippen molar-refractivity contribution in [1.82, 2.24) is 15.5 Å². The van der Waals surface area contributed by atoms with E-state index in [1.807, 2.05) is 6.92 Å². The molecule has 6 heteroatoms. The highest BCUT2D eigenvalue weighted by molar-refractivity contribution is 7.13. The predicted molar refractivity (Wildman–Crippen MR) is 67.3 cm³/mol. The molecule has 1 heterocycles. The Hall–Kier alpha value is -1.27. The topological polar surface area (TPSA) is 64.1 Å². The summed E-state index contributed by atoms with van der Waals surface area (Å²) in [5, 5.41) is 11.8. The first-order valence-corrected chi connectivity index (χ1v) is 6.19. The van der Waals surface area contributed by atoms with E-state index in [0.29, 0.717) is 18.2 Å². The van der Waals surface area contributed by atoms with Crippen LogP contribution in [-0.4, -0.2) is 36.4 Å². The lowest BCUT2D eigenvalue weighted by atomic mass is 10.2. The molecule has 0 aliphatic carbocycles. The number of allylic oxidation sites excluding steroid dienone is 1. The third kappa shape index (κ3) is 5.06. The maximum absolute atomic E-state index is 11.6. The number of hydrogen-bond acceptors (Lipinski definition) is 5. The lowest BCUT2D eigenvalue weighted by Crippen LogP contribution is -2.26. The average Bonchev–Trinajstić information content (AvgIpc) is 2.75. The van der Waals surface area contributed by atoms with Gasteiger partial charge in [-0.2, -0.15) is 0 Å². The number of amides is 1. The second kappa shape index (κ2) is 7.13. The van der Waals surface area contributed by atoms with Gasteiger partial charge in [-0.05, 0) is 13.3 Å². The smallest absolute Gasteiger partial charge is 0.282 e. The van der Waals surface area contributed by atoms with Crippen molar-refractivity contribution in [1.29, 1.82) is 0 Å². The van der Waals surface area contributed by atoms with Crippen LogP contribution in [0.5, 0.6) is 0 Å². The summed E-state index contributed by atoms with van der Waals surface area (Å²) >= 11 is 1.32. The summed E-state index contributed by atoms with van der Waals surface area (Å²) in [5.41, 5.74) is 1.10. The maximum atomic E-state index is 11.6. The van der Waals surface area contributed by atoms with Crippen LogP contribution >= 0.6 is 11.3 Å². The molecule has 94 valence electrons. The largest absolute Gasteiger partial charge is 0.383 e. The quantitative estimate of drug-likeness (QED) is 0.591. The Kier molecular flexibility index (Phi) is 5.79. The summed E-state index contributed by atoms with van der Waals surface area (Å²) < 4.78 is 4.84. The molecule has 0 saturated carbocycles. The molecule has 17 heavy (non-hydrogen) atoms. The van der Waals surface area contributed by atoms with Crippen LogP contribution in [0.1, 0.15) is 28.2 Å². The zero-order valence-corrected chi connectivity index (χ0v) is 11.0. The number of ether oxygens (including phenoxy) is 1. The SMILES string of the molecule is C=C(C)CCc1nnc(C(=O)NCCOC)s1. The molecule has 0 atom stereocenters. The van der Waals surface area contributed by atoms with Gasteiger partial charge in [0.2, 0.25) is 5.01 Å². The number of carbonyl (C=O) groups excluding carboxylic acids is 1. The summed E-state index contributed by atoms with van der Waals surface area (Å²) in [5.74, 6) is -0.193. The number of nitrogens with zero attached hydrogens (tertiary/aromatic N) is 2. The summed E-state index contributed by atoms with van der Waals surface area (Å²) in [6, 6.07) is 0. The molecular formula is C11H17N3O2S. The molecule has 0 unspecified atom stereocenters. The van der Waals surface area contributed by atoms with Crippen LogP contribution in [0, 0.1) is 0 Å². The third-order valence-corrected chi connectivity index (χ3v) is 3.00. The summed E-state index contributed by atoms with van der Waals surface area (Å²) in [7, 11) is 1.59. The van der Waals surface area contributed by atoms with Crippen molar-refractivity contribution in [2.75, 3.05) is 20.3 Å². The van der Waals surface area contributed by atoms with E-state index in [1.54, 1.807) is 7.11 Å². The molecule has 0 aliphatic rings. The van der Waals surface area contributed by atoms with Gasteiger partial charge in [-0.1, -0.05) is 16.9 Å². The Labute approximate surface area is 105 Å². The van der Waals surface area contributed by atoms with Crippen LogP contribution in [0.25, 0.3) is 0 Å². The first-order chi connectivity index (χ1) is 8.13. The van der Waals surface area contributed by atoms with Gasteiger partial charge in [0.15, 0.2) is 0 Å². The molecule has 1 aromatic rings. The number of rotatable bonds is 7. The lowest BCUT2D eigenvalue weighted by Gasteiger charge is -2.00.